The van der Waals surface area contributed by atoms with Gasteiger partial charge in [0.2, 0.25) is 11.9 Å². The molecule has 0 atom stereocenters. The van der Waals surface area contributed by atoms with Crippen LogP contribution in [-0.4, -0.2) is 26.6 Å². The molecule has 13 heavy (non-hydrogen) atoms. The summed E-state index contributed by atoms with van der Waals surface area (Å²) in [6.45, 7) is 1.89. The minimum absolute atomic E-state index is 0.247. The monoisotopic (exact) mass is 178 g/mol. The molecule has 0 amide bonds. The van der Waals surface area contributed by atoms with Gasteiger partial charge in [0.15, 0.2) is 5.65 Å². The van der Waals surface area contributed by atoms with Crippen molar-refractivity contribution in [1.82, 2.24) is 19.6 Å². The summed E-state index contributed by atoms with van der Waals surface area (Å²) in [5.74, 6) is 0.840. The molecule has 0 aliphatic heterocycles. The van der Waals surface area contributed by atoms with Crippen molar-refractivity contribution in [3.05, 3.63) is 11.8 Å². The summed E-state index contributed by atoms with van der Waals surface area (Å²) in [6, 6.07) is 1.85. The topological polar surface area (TPSA) is 81.1 Å². The summed E-state index contributed by atoms with van der Waals surface area (Å²) in [6.07, 6.45) is 0. The molecule has 0 spiro atoms. The van der Waals surface area contributed by atoms with Crippen molar-refractivity contribution in [2.45, 2.75) is 6.92 Å². The number of nitrogens with one attached hydrogen (secondary N) is 1. The molecule has 2 heterocycles. The van der Waals surface area contributed by atoms with E-state index in [0.717, 1.165) is 5.69 Å². The molecule has 0 radical (unpaired) electrons. The number of rotatable bonds is 1. The predicted octanol–water partition coefficient (Wildman–Crippen LogP) is 0.0566. The van der Waals surface area contributed by atoms with Crippen LogP contribution < -0.4 is 11.1 Å². The van der Waals surface area contributed by atoms with Crippen LogP contribution in [0.1, 0.15) is 5.69 Å². The molecule has 6 nitrogen and oxygen atoms in total. The quantitative estimate of drug-likeness (QED) is 0.645. The normalized spacial score (nSPS) is 10.6. The highest BCUT2D eigenvalue weighted by Gasteiger charge is 2.05. The highest BCUT2D eigenvalue weighted by molar-refractivity contribution is 5.48. The van der Waals surface area contributed by atoms with E-state index >= 15 is 0 Å². The first-order valence-electron chi connectivity index (χ1n) is 3.88. The minimum atomic E-state index is 0.247. The molecule has 0 aromatic carbocycles. The number of aromatic nitrogens is 4. The third-order valence-corrected chi connectivity index (χ3v) is 1.69. The summed E-state index contributed by atoms with van der Waals surface area (Å²) in [5, 5.41) is 7.09. The van der Waals surface area contributed by atoms with E-state index in [2.05, 4.69) is 20.4 Å². The van der Waals surface area contributed by atoms with E-state index in [9.17, 15) is 0 Å². The number of anilines is 2. The van der Waals surface area contributed by atoms with Crippen LogP contribution in [0.3, 0.4) is 0 Å². The third kappa shape index (κ3) is 1.16. The average molecular weight is 178 g/mol. The molecular formula is C7H10N6. The molecule has 3 N–H and O–H groups in total. The highest BCUT2D eigenvalue weighted by Crippen LogP contribution is 2.09. The van der Waals surface area contributed by atoms with E-state index in [1.807, 2.05) is 13.0 Å². The molecule has 2 rings (SSSR count). The van der Waals surface area contributed by atoms with Crippen LogP contribution in [0.4, 0.5) is 11.9 Å². The Labute approximate surface area is 74.8 Å². The van der Waals surface area contributed by atoms with Crippen molar-refractivity contribution < 1.29 is 0 Å². The molecule has 0 aliphatic carbocycles. The molecule has 0 saturated carbocycles. The second kappa shape index (κ2) is 2.58. The lowest BCUT2D eigenvalue weighted by molar-refractivity contribution is 0.888. The van der Waals surface area contributed by atoms with Gasteiger partial charge < -0.3 is 11.1 Å². The largest absolute Gasteiger partial charge is 0.368 e. The van der Waals surface area contributed by atoms with E-state index in [1.165, 1.54) is 0 Å². The Balaban J connectivity index is 2.80. The average Bonchev–Trinajstić information content (AvgIpc) is 2.43. The molecule has 2 aromatic heterocycles. The maximum atomic E-state index is 5.51. The van der Waals surface area contributed by atoms with Gasteiger partial charge in [0.1, 0.15) is 0 Å². The van der Waals surface area contributed by atoms with Crippen LogP contribution in [0.2, 0.25) is 0 Å². The lowest BCUT2D eigenvalue weighted by Crippen LogP contribution is -2.07. The molecule has 0 fully saturated rings. The molecule has 0 aliphatic rings. The summed E-state index contributed by atoms with van der Waals surface area (Å²) in [4.78, 5) is 8.02. The van der Waals surface area contributed by atoms with Crippen molar-refractivity contribution in [3.63, 3.8) is 0 Å². The Morgan fingerprint density at radius 2 is 2.23 bits per heavy atom. The number of nitrogens with zero attached hydrogens (tertiary/aromatic N) is 4. The predicted molar refractivity (Wildman–Crippen MR) is 49.5 cm³/mol. The highest BCUT2D eigenvalue weighted by atomic mass is 15.4. The third-order valence-electron chi connectivity index (χ3n) is 1.69. The van der Waals surface area contributed by atoms with Crippen LogP contribution in [0, 0.1) is 6.92 Å². The van der Waals surface area contributed by atoms with Gasteiger partial charge in [-0.1, -0.05) is 0 Å². The maximum Gasteiger partial charge on any atom is 0.228 e. The number of nitrogens with two attached hydrogens (primary N) is 1. The lowest BCUT2D eigenvalue weighted by Gasteiger charge is -2.01. The van der Waals surface area contributed by atoms with Crippen molar-refractivity contribution in [2.24, 2.45) is 0 Å². The fourth-order valence-electron chi connectivity index (χ4n) is 1.18. The van der Waals surface area contributed by atoms with Gasteiger partial charge >= 0.3 is 0 Å². The minimum Gasteiger partial charge on any atom is -0.368 e. The SMILES string of the molecule is CNc1nc(N)nc2cc(C)nn12. The zero-order chi connectivity index (χ0) is 9.42. The fraction of sp³-hybridized carbons (Fsp3) is 0.286. The summed E-state index contributed by atoms with van der Waals surface area (Å²) < 4.78 is 1.62. The van der Waals surface area contributed by atoms with Gasteiger partial charge in [-0.25, -0.2) is 0 Å². The second-order valence-electron chi connectivity index (χ2n) is 2.71. The molecule has 0 unspecified atom stereocenters. The molecular weight excluding hydrogens is 168 g/mol. The number of nitrogen functional groups attached to an aromatic ring is 1. The zero-order valence-corrected chi connectivity index (χ0v) is 7.44. The van der Waals surface area contributed by atoms with Crippen molar-refractivity contribution >= 4 is 17.5 Å². The number of aryl methyl sites for hydroxylation is 1. The van der Waals surface area contributed by atoms with Crippen LogP contribution in [0.15, 0.2) is 6.07 Å². The molecule has 0 saturated heterocycles. The fourth-order valence-corrected chi connectivity index (χ4v) is 1.18. The van der Waals surface area contributed by atoms with Crippen molar-refractivity contribution in [1.29, 1.82) is 0 Å². The maximum absolute atomic E-state index is 5.51. The van der Waals surface area contributed by atoms with Crippen LogP contribution in [0.25, 0.3) is 5.65 Å². The van der Waals surface area contributed by atoms with Gasteiger partial charge in [-0.05, 0) is 6.92 Å². The smallest absolute Gasteiger partial charge is 0.228 e. The standard InChI is InChI=1S/C7H10N6/c1-4-3-5-10-6(8)11-7(9-2)13(5)12-4/h3H,1-2H3,(H3,8,9,10,11). The van der Waals surface area contributed by atoms with Crippen molar-refractivity contribution in [2.75, 3.05) is 18.1 Å². The zero-order valence-electron chi connectivity index (χ0n) is 7.44. The lowest BCUT2D eigenvalue weighted by atomic mass is 10.5. The number of hydrogen-bond acceptors (Lipinski definition) is 5. The first kappa shape index (κ1) is 7.78. The Morgan fingerprint density at radius 3 is 2.92 bits per heavy atom. The Hall–Kier alpha value is -1.85. The number of hydrogen-bond donors (Lipinski definition) is 2. The summed E-state index contributed by atoms with van der Waals surface area (Å²) in [5.41, 5.74) is 7.09. The Kier molecular flexibility index (Phi) is 1.54. The molecule has 2 aromatic rings. The van der Waals surface area contributed by atoms with Crippen molar-refractivity contribution in [3.8, 4) is 0 Å². The second-order valence-corrected chi connectivity index (χ2v) is 2.71. The summed E-state index contributed by atoms with van der Waals surface area (Å²) >= 11 is 0. The Morgan fingerprint density at radius 1 is 1.46 bits per heavy atom. The molecule has 0 bridgehead atoms. The Bertz CT molecular complexity index is 445. The van der Waals surface area contributed by atoms with Crippen LogP contribution in [-0.2, 0) is 0 Å². The summed E-state index contributed by atoms with van der Waals surface area (Å²) in [7, 11) is 1.76. The van der Waals surface area contributed by atoms with E-state index in [4.69, 9.17) is 5.73 Å². The van der Waals surface area contributed by atoms with Gasteiger partial charge in [0.05, 0.1) is 5.69 Å². The van der Waals surface area contributed by atoms with E-state index < -0.39 is 0 Å². The van der Waals surface area contributed by atoms with Crippen LogP contribution >= 0.6 is 0 Å². The van der Waals surface area contributed by atoms with E-state index in [0.29, 0.717) is 11.6 Å². The molecule has 6 heteroatoms. The first-order valence-corrected chi connectivity index (χ1v) is 3.88. The van der Waals surface area contributed by atoms with Gasteiger partial charge in [-0.2, -0.15) is 19.6 Å². The van der Waals surface area contributed by atoms with Gasteiger partial charge in [0.25, 0.3) is 0 Å². The first-order chi connectivity index (χ1) is 6.20. The van der Waals surface area contributed by atoms with Gasteiger partial charge in [-0.3, -0.25) is 0 Å². The number of fused-ring (bicyclic) bond motifs is 1. The van der Waals surface area contributed by atoms with E-state index in [1.54, 1.807) is 11.6 Å². The molecule has 68 valence electrons. The van der Waals surface area contributed by atoms with Gasteiger partial charge in [0, 0.05) is 13.1 Å². The van der Waals surface area contributed by atoms with Crippen LogP contribution in [0.5, 0.6) is 0 Å². The van der Waals surface area contributed by atoms with Gasteiger partial charge in [-0.15, -0.1) is 0 Å². The van der Waals surface area contributed by atoms with E-state index in [-0.39, 0.29) is 5.95 Å².